The van der Waals surface area contributed by atoms with Crippen LogP contribution in [0, 0.1) is 5.92 Å². The first kappa shape index (κ1) is 9.72. The van der Waals surface area contributed by atoms with E-state index in [1.807, 2.05) is 0 Å². The summed E-state index contributed by atoms with van der Waals surface area (Å²) in [5, 5.41) is 0. The molecule has 1 aromatic rings. The van der Waals surface area contributed by atoms with Crippen LogP contribution in [-0.2, 0) is 5.54 Å². The first-order chi connectivity index (χ1) is 6.73. The summed E-state index contributed by atoms with van der Waals surface area (Å²) in [5.74, 6) is 0.610. The van der Waals surface area contributed by atoms with E-state index >= 15 is 0 Å². The molecule has 1 nitrogen and oxygen atoms in total. The summed E-state index contributed by atoms with van der Waals surface area (Å²) in [4.78, 5) is 0. The van der Waals surface area contributed by atoms with Gasteiger partial charge in [0, 0.05) is 5.54 Å². The van der Waals surface area contributed by atoms with Gasteiger partial charge in [-0.3, -0.25) is 0 Å². The van der Waals surface area contributed by atoms with Crippen molar-refractivity contribution < 1.29 is 0 Å². The molecular formula is C13H19N. The molecule has 0 aliphatic heterocycles. The summed E-state index contributed by atoms with van der Waals surface area (Å²) >= 11 is 0. The Kier molecular flexibility index (Phi) is 2.60. The second-order valence-electron chi connectivity index (χ2n) is 4.55. The molecule has 76 valence electrons. The number of nitrogens with two attached hydrogens (primary N) is 1. The van der Waals surface area contributed by atoms with Crippen molar-refractivity contribution in [1.29, 1.82) is 0 Å². The Morgan fingerprint density at radius 3 is 2.57 bits per heavy atom. The van der Waals surface area contributed by atoms with Crippen LogP contribution in [-0.4, -0.2) is 0 Å². The third-order valence-corrected chi connectivity index (χ3v) is 3.67. The molecule has 2 atom stereocenters. The molecule has 1 aliphatic carbocycles. The van der Waals surface area contributed by atoms with Crippen molar-refractivity contribution >= 4 is 0 Å². The van der Waals surface area contributed by atoms with Gasteiger partial charge in [0.05, 0.1) is 0 Å². The molecule has 1 saturated carbocycles. The average Bonchev–Trinajstić information content (AvgIpc) is 2.24. The number of rotatable bonds is 1. The SMILES string of the molecule is C[C@@H]1CCCC[C@@]1(N)c1ccccc1. The van der Waals surface area contributed by atoms with Crippen LogP contribution in [0.5, 0.6) is 0 Å². The van der Waals surface area contributed by atoms with Crippen molar-refractivity contribution in [2.75, 3.05) is 0 Å². The molecule has 1 aliphatic rings. The van der Waals surface area contributed by atoms with E-state index in [0.29, 0.717) is 5.92 Å². The minimum absolute atomic E-state index is 0.0699. The van der Waals surface area contributed by atoms with Gasteiger partial charge in [0.2, 0.25) is 0 Å². The Morgan fingerprint density at radius 2 is 1.93 bits per heavy atom. The smallest absolute Gasteiger partial charge is 0.0435 e. The molecule has 1 aromatic carbocycles. The first-order valence-electron chi connectivity index (χ1n) is 5.58. The number of benzene rings is 1. The maximum Gasteiger partial charge on any atom is 0.0435 e. The molecule has 14 heavy (non-hydrogen) atoms. The lowest BCUT2D eigenvalue weighted by Gasteiger charge is -2.40. The third-order valence-electron chi connectivity index (χ3n) is 3.67. The van der Waals surface area contributed by atoms with Crippen LogP contribution in [0.2, 0.25) is 0 Å². The predicted octanol–water partition coefficient (Wildman–Crippen LogP) is 3.05. The highest BCUT2D eigenvalue weighted by molar-refractivity contribution is 5.25. The van der Waals surface area contributed by atoms with Crippen molar-refractivity contribution in [1.82, 2.24) is 0 Å². The van der Waals surface area contributed by atoms with E-state index in [-0.39, 0.29) is 5.54 Å². The van der Waals surface area contributed by atoms with Gasteiger partial charge in [-0.15, -0.1) is 0 Å². The summed E-state index contributed by atoms with van der Waals surface area (Å²) in [5.41, 5.74) is 7.77. The molecule has 0 amide bonds. The molecule has 1 fully saturated rings. The maximum atomic E-state index is 6.52. The van der Waals surface area contributed by atoms with Crippen LogP contribution in [0.1, 0.15) is 38.2 Å². The molecule has 0 radical (unpaired) electrons. The maximum absolute atomic E-state index is 6.52. The van der Waals surface area contributed by atoms with Crippen molar-refractivity contribution in [2.24, 2.45) is 11.7 Å². The molecule has 1 heteroatoms. The fourth-order valence-corrected chi connectivity index (χ4v) is 2.55. The number of hydrogen-bond acceptors (Lipinski definition) is 1. The standard InChI is InChI=1S/C13H19N/c1-11-7-5-6-10-13(11,14)12-8-3-2-4-9-12/h2-4,8-9,11H,5-7,10,14H2,1H3/t11-,13+/m1/s1. The van der Waals surface area contributed by atoms with Gasteiger partial charge in [0.25, 0.3) is 0 Å². The minimum Gasteiger partial charge on any atom is -0.321 e. The van der Waals surface area contributed by atoms with Crippen molar-refractivity contribution in [3.05, 3.63) is 35.9 Å². The van der Waals surface area contributed by atoms with Crippen LogP contribution in [0.25, 0.3) is 0 Å². The Morgan fingerprint density at radius 1 is 1.21 bits per heavy atom. The monoisotopic (exact) mass is 189 g/mol. The largest absolute Gasteiger partial charge is 0.321 e. The minimum atomic E-state index is -0.0699. The highest BCUT2D eigenvalue weighted by Gasteiger charge is 2.35. The normalized spacial score (nSPS) is 32.9. The lowest BCUT2D eigenvalue weighted by molar-refractivity contribution is 0.207. The quantitative estimate of drug-likeness (QED) is 0.722. The highest BCUT2D eigenvalue weighted by atomic mass is 14.8. The zero-order chi connectivity index (χ0) is 10.0. The van der Waals surface area contributed by atoms with Crippen molar-refractivity contribution in [3.8, 4) is 0 Å². The molecule has 0 unspecified atom stereocenters. The fraction of sp³-hybridized carbons (Fsp3) is 0.538. The topological polar surface area (TPSA) is 26.0 Å². The van der Waals surface area contributed by atoms with E-state index in [1.165, 1.54) is 24.8 Å². The highest BCUT2D eigenvalue weighted by Crippen LogP contribution is 2.38. The van der Waals surface area contributed by atoms with Gasteiger partial charge >= 0.3 is 0 Å². The summed E-state index contributed by atoms with van der Waals surface area (Å²) in [6, 6.07) is 10.6. The van der Waals surface area contributed by atoms with Crippen molar-refractivity contribution in [3.63, 3.8) is 0 Å². The van der Waals surface area contributed by atoms with E-state index in [2.05, 4.69) is 37.3 Å². The Balaban J connectivity index is 2.30. The lowest BCUT2D eigenvalue weighted by atomic mass is 9.70. The van der Waals surface area contributed by atoms with E-state index in [9.17, 15) is 0 Å². The molecule has 2 N–H and O–H groups in total. The van der Waals surface area contributed by atoms with Crippen molar-refractivity contribution in [2.45, 2.75) is 38.1 Å². The van der Waals surface area contributed by atoms with Gasteiger partial charge < -0.3 is 5.73 Å². The molecule has 0 aromatic heterocycles. The molecule has 0 heterocycles. The van der Waals surface area contributed by atoms with Crippen LogP contribution >= 0.6 is 0 Å². The summed E-state index contributed by atoms with van der Waals surface area (Å²) in [6.45, 7) is 2.28. The molecular weight excluding hydrogens is 170 g/mol. The second kappa shape index (κ2) is 3.74. The average molecular weight is 189 g/mol. The van der Waals surface area contributed by atoms with Gasteiger partial charge in [0.1, 0.15) is 0 Å². The fourth-order valence-electron chi connectivity index (χ4n) is 2.55. The van der Waals surface area contributed by atoms with Gasteiger partial charge in [-0.05, 0) is 24.3 Å². The van der Waals surface area contributed by atoms with Crippen LogP contribution < -0.4 is 5.73 Å². The van der Waals surface area contributed by atoms with Crippen LogP contribution in [0.4, 0.5) is 0 Å². The summed E-state index contributed by atoms with van der Waals surface area (Å²) in [6.07, 6.45) is 5.02. The van der Waals surface area contributed by atoms with Gasteiger partial charge in [-0.25, -0.2) is 0 Å². The lowest BCUT2D eigenvalue weighted by Crippen LogP contribution is -2.45. The zero-order valence-corrected chi connectivity index (χ0v) is 8.87. The van der Waals surface area contributed by atoms with Gasteiger partial charge in [-0.1, -0.05) is 50.1 Å². The molecule has 0 bridgehead atoms. The Bertz CT molecular complexity index is 293. The Hall–Kier alpha value is -0.820. The van der Waals surface area contributed by atoms with E-state index in [1.54, 1.807) is 0 Å². The van der Waals surface area contributed by atoms with Gasteiger partial charge in [-0.2, -0.15) is 0 Å². The van der Waals surface area contributed by atoms with Gasteiger partial charge in [0.15, 0.2) is 0 Å². The first-order valence-corrected chi connectivity index (χ1v) is 5.58. The molecule has 2 rings (SSSR count). The van der Waals surface area contributed by atoms with E-state index in [0.717, 1.165) is 6.42 Å². The third kappa shape index (κ3) is 1.57. The van der Waals surface area contributed by atoms with Crippen LogP contribution in [0.3, 0.4) is 0 Å². The van der Waals surface area contributed by atoms with Crippen LogP contribution in [0.15, 0.2) is 30.3 Å². The number of hydrogen-bond donors (Lipinski definition) is 1. The molecule has 0 spiro atoms. The predicted molar refractivity (Wildman–Crippen MR) is 59.9 cm³/mol. The summed E-state index contributed by atoms with van der Waals surface area (Å²) < 4.78 is 0. The Labute approximate surface area is 86.3 Å². The van der Waals surface area contributed by atoms with E-state index in [4.69, 9.17) is 5.73 Å². The molecule has 0 saturated heterocycles. The summed E-state index contributed by atoms with van der Waals surface area (Å²) in [7, 11) is 0. The second-order valence-corrected chi connectivity index (χ2v) is 4.55. The van der Waals surface area contributed by atoms with E-state index < -0.39 is 0 Å². The zero-order valence-electron chi connectivity index (χ0n) is 8.87.